The summed E-state index contributed by atoms with van der Waals surface area (Å²) in [5, 5.41) is 2.83. The van der Waals surface area contributed by atoms with Crippen LogP contribution in [0.15, 0.2) is 42.5 Å². The molecular weight excluding hydrogens is 316 g/mol. The zero-order valence-electron chi connectivity index (χ0n) is 15.1. The van der Waals surface area contributed by atoms with Gasteiger partial charge >= 0.3 is 0 Å². The zero-order valence-corrected chi connectivity index (χ0v) is 15.1. The Morgan fingerprint density at radius 2 is 1.68 bits per heavy atom. The Hall–Kier alpha value is -2.82. The Balaban J connectivity index is 2.21. The third kappa shape index (κ3) is 4.59. The number of nitrogens with one attached hydrogen (secondary N) is 1. The lowest BCUT2D eigenvalue weighted by Crippen LogP contribution is -2.37. The van der Waals surface area contributed by atoms with Gasteiger partial charge in [0.1, 0.15) is 12.3 Å². The molecule has 0 bridgehead atoms. The van der Waals surface area contributed by atoms with E-state index in [-0.39, 0.29) is 18.4 Å². The second-order valence-corrected chi connectivity index (χ2v) is 5.82. The minimum absolute atomic E-state index is 0.0541. The fourth-order valence-electron chi connectivity index (χ4n) is 2.76. The van der Waals surface area contributed by atoms with Gasteiger partial charge in [-0.05, 0) is 44.0 Å². The van der Waals surface area contributed by atoms with Crippen molar-refractivity contribution < 1.29 is 14.3 Å². The number of ether oxygens (including phenoxy) is 1. The zero-order chi connectivity index (χ0) is 18.4. The average Bonchev–Trinajstić information content (AvgIpc) is 2.55. The van der Waals surface area contributed by atoms with E-state index >= 15 is 0 Å². The predicted molar refractivity (Wildman–Crippen MR) is 100 cm³/mol. The molecule has 2 amide bonds. The molecule has 0 aliphatic heterocycles. The van der Waals surface area contributed by atoms with Crippen molar-refractivity contribution in [2.45, 2.75) is 27.7 Å². The Morgan fingerprint density at radius 3 is 2.28 bits per heavy atom. The summed E-state index contributed by atoms with van der Waals surface area (Å²) in [6, 6.07) is 13.0. The molecule has 0 fully saturated rings. The molecule has 0 aliphatic carbocycles. The molecule has 0 spiro atoms. The summed E-state index contributed by atoms with van der Waals surface area (Å²) in [5.41, 5.74) is 3.29. The topological polar surface area (TPSA) is 58.6 Å². The summed E-state index contributed by atoms with van der Waals surface area (Å²) in [6.45, 7) is 7.67. The van der Waals surface area contributed by atoms with Crippen molar-refractivity contribution in [2.24, 2.45) is 0 Å². The molecule has 0 unspecified atom stereocenters. The van der Waals surface area contributed by atoms with Crippen molar-refractivity contribution >= 4 is 23.2 Å². The second-order valence-electron chi connectivity index (χ2n) is 5.82. The molecule has 5 nitrogen and oxygen atoms in total. The number of amides is 2. The third-order valence-corrected chi connectivity index (χ3v) is 3.85. The maximum absolute atomic E-state index is 12.5. The van der Waals surface area contributed by atoms with Gasteiger partial charge in [-0.15, -0.1) is 0 Å². The van der Waals surface area contributed by atoms with E-state index in [1.54, 1.807) is 12.1 Å². The van der Waals surface area contributed by atoms with Crippen molar-refractivity contribution in [1.29, 1.82) is 0 Å². The molecule has 0 saturated carbocycles. The van der Waals surface area contributed by atoms with Crippen LogP contribution in [0.5, 0.6) is 5.75 Å². The minimum Gasteiger partial charge on any atom is -0.492 e. The highest BCUT2D eigenvalue weighted by atomic mass is 16.5. The van der Waals surface area contributed by atoms with Gasteiger partial charge in [0.05, 0.1) is 18.0 Å². The molecular formula is C20H24N2O3. The summed E-state index contributed by atoms with van der Waals surface area (Å²) in [5.74, 6) is 0.162. The fraction of sp³-hybridized carbons (Fsp3) is 0.300. The number of hydrogen-bond donors (Lipinski definition) is 1. The van der Waals surface area contributed by atoms with Gasteiger partial charge < -0.3 is 15.0 Å². The van der Waals surface area contributed by atoms with Gasteiger partial charge in [0.15, 0.2) is 0 Å². The number of aryl methyl sites for hydroxylation is 2. The van der Waals surface area contributed by atoms with Crippen LogP contribution in [0, 0.1) is 13.8 Å². The van der Waals surface area contributed by atoms with E-state index in [0.29, 0.717) is 18.0 Å². The number of carbonyl (C=O) groups excluding carboxylic acids is 2. The number of benzene rings is 2. The molecule has 0 atom stereocenters. The highest BCUT2D eigenvalue weighted by Crippen LogP contribution is 2.26. The van der Waals surface area contributed by atoms with Crippen LogP contribution in [-0.2, 0) is 9.59 Å². The number of carbonyl (C=O) groups is 2. The van der Waals surface area contributed by atoms with Crippen LogP contribution in [0.3, 0.4) is 0 Å². The molecule has 2 rings (SSSR count). The third-order valence-electron chi connectivity index (χ3n) is 3.85. The molecule has 2 aromatic rings. The molecule has 0 aromatic heterocycles. The minimum atomic E-state index is -0.273. The number of anilines is 2. The molecule has 1 N–H and O–H groups in total. The lowest BCUT2D eigenvalue weighted by atomic mass is 10.1. The standard InChI is InChI=1S/C20H24N2O3/c1-5-25-18-12-7-6-11-17(18)21-19(24)13-22(16(4)23)20-14(2)9-8-10-15(20)3/h6-12H,5,13H2,1-4H3,(H,21,24). The van der Waals surface area contributed by atoms with Crippen LogP contribution in [0.1, 0.15) is 25.0 Å². The first kappa shape index (κ1) is 18.5. The summed E-state index contributed by atoms with van der Waals surface area (Å²) >= 11 is 0. The van der Waals surface area contributed by atoms with E-state index < -0.39 is 0 Å². The molecule has 0 radical (unpaired) electrons. The quantitative estimate of drug-likeness (QED) is 0.872. The largest absolute Gasteiger partial charge is 0.492 e. The van der Waals surface area contributed by atoms with Crippen molar-refractivity contribution in [3.8, 4) is 5.75 Å². The van der Waals surface area contributed by atoms with E-state index in [0.717, 1.165) is 16.8 Å². The van der Waals surface area contributed by atoms with Gasteiger partial charge in [0.2, 0.25) is 11.8 Å². The second kappa shape index (κ2) is 8.33. The molecule has 0 aliphatic rings. The summed E-state index contributed by atoms with van der Waals surface area (Å²) in [6.07, 6.45) is 0. The number of nitrogens with zero attached hydrogens (tertiary/aromatic N) is 1. The number of hydrogen-bond acceptors (Lipinski definition) is 3. The Labute approximate surface area is 148 Å². The maximum atomic E-state index is 12.5. The first-order valence-electron chi connectivity index (χ1n) is 8.30. The molecule has 0 saturated heterocycles. The maximum Gasteiger partial charge on any atom is 0.244 e. The average molecular weight is 340 g/mol. The van der Waals surface area contributed by atoms with Gasteiger partial charge in [0.25, 0.3) is 0 Å². The first-order chi connectivity index (χ1) is 11.9. The van der Waals surface area contributed by atoms with E-state index in [4.69, 9.17) is 4.74 Å². The molecule has 2 aromatic carbocycles. The number of para-hydroxylation sites is 3. The fourth-order valence-corrected chi connectivity index (χ4v) is 2.76. The lowest BCUT2D eigenvalue weighted by Gasteiger charge is -2.24. The van der Waals surface area contributed by atoms with Gasteiger partial charge in [-0.2, -0.15) is 0 Å². The van der Waals surface area contributed by atoms with Gasteiger partial charge in [-0.25, -0.2) is 0 Å². The Kier molecular flexibility index (Phi) is 6.17. The van der Waals surface area contributed by atoms with E-state index in [1.165, 1.54) is 11.8 Å². The number of rotatable bonds is 6. The van der Waals surface area contributed by atoms with Crippen LogP contribution in [0.4, 0.5) is 11.4 Å². The van der Waals surface area contributed by atoms with Crippen LogP contribution < -0.4 is 15.0 Å². The predicted octanol–water partition coefficient (Wildman–Crippen LogP) is 3.69. The van der Waals surface area contributed by atoms with Gasteiger partial charge in [0, 0.05) is 6.92 Å². The van der Waals surface area contributed by atoms with Crippen LogP contribution in [-0.4, -0.2) is 25.0 Å². The molecule has 5 heteroatoms. The van der Waals surface area contributed by atoms with Crippen LogP contribution in [0.25, 0.3) is 0 Å². The molecule has 25 heavy (non-hydrogen) atoms. The molecule has 0 heterocycles. The Bertz CT molecular complexity index is 751. The normalized spacial score (nSPS) is 10.2. The van der Waals surface area contributed by atoms with Crippen molar-refractivity contribution in [3.05, 3.63) is 53.6 Å². The van der Waals surface area contributed by atoms with Gasteiger partial charge in [-0.3, -0.25) is 9.59 Å². The molecule has 132 valence electrons. The lowest BCUT2D eigenvalue weighted by molar-refractivity contribution is -0.120. The van der Waals surface area contributed by atoms with Crippen LogP contribution >= 0.6 is 0 Å². The first-order valence-corrected chi connectivity index (χ1v) is 8.30. The van der Waals surface area contributed by atoms with Gasteiger partial charge in [-0.1, -0.05) is 30.3 Å². The SMILES string of the molecule is CCOc1ccccc1NC(=O)CN(C(C)=O)c1c(C)cccc1C. The van der Waals surface area contributed by atoms with E-state index in [2.05, 4.69) is 5.32 Å². The van der Waals surface area contributed by atoms with E-state index in [1.807, 2.05) is 51.1 Å². The highest BCUT2D eigenvalue weighted by Gasteiger charge is 2.20. The highest BCUT2D eigenvalue weighted by molar-refractivity contribution is 6.03. The smallest absolute Gasteiger partial charge is 0.244 e. The monoisotopic (exact) mass is 340 g/mol. The Morgan fingerprint density at radius 1 is 1.04 bits per heavy atom. The van der Waals surface area contributed by atoms with Crippen molar-refractivity contribution in [1.82, 2.24) is 0 Å². The van der Waals surface area contributed by atoms with Crippen LogP contribution in [0.2, 0.25) is 0 Å². The summed E-state index contributed by atoms with van der Waals surface area (Å²) in [7, 11) is 0. The summed E-state index contributed by atoms with van der Waals surface area (Å²) < 4.78 is 5.52. The van der Waals surface area contributed by atoms with Crippen molar-refractivity contribution in [2.75, 3.05) is 23.4 Å². The summed E-state index contributed by atoms with van der Waals surface area (Å²) in [4.78, 5) is 26.1. The van der Waals surface area contributed by atoms with E-state index in [9.17, 15) is 9.59 Å². The van der Waals surface area contributed by atoms with Crippen molar-refractivity contribution in [3.63, 3.8) is 0 Å².